The van der Waals surface area contributed by atoms with Crippen molar-refractivity contribution in [1.29, 1.82) is 0 Å². The van der Waals surface area contributed by atoms with Gasteiger partial charge in [-0.2, -0.15) is 4.40 Å². The number of nitrogens with zero attached hydrogens (tertiary/aromatic N) is 4. The van der Waals surface area contributed by atoms with E-state index < -0.39 is 18.0 Å². The van der Waals surface area contributed by atoms with Gasteiger partial charge in [-0.1, -0.05) is 36.1 Å². The quantitative estimate of drug-likeness (QED) is 0.293. The Bertz CT molecular complexity index is 1340. The number of rotatable bonds is 7. The van der Waals surface area contributed by atoms with Gasteiger partial charge in [0.15, 0.2) is 11.9 Å². The molecule has 2 aliphatic heterocycles. The molecule has 0 aromatic carbocycles. The zero-order valence-corrected chi connectivity index (χ0v) is 21.1. The first-order chi connectivity index (χ1) is 16.2. The van der Waals surface area contributed by atoms with Crippen LogP contribution in [0.5, 0.6) is 0 Å². The maximum Gasteiger partial charge on any atom is 0.352 e. The van der Waals surface area contributed by atoms with E-state index in [1.807, 2.05) is 44.8 Å². The molecule has 5 rings (SSSR count). The van der Waals surface area contributed by atoms with Crippen LogP contribution in [0.15, 0.2) is 47.6 Å². The number of β-lactam (4-membered cyclic amide) rings is 1. The van der Waals surface area contributed by atoms with E-state index in [0.29, 0.717) is 5.57 Å². The maximum atomic E-state index is 12.7. The van der Waals surface area contributed by atoms with E-state index in [-0.39, 0.29) is 23.6 Å². The summed E-state index contributed by atoms with van der Waals surface area (Å²) < 4.78 is 6.42. The number of thiazole rings is 1. The predicted octanol–water partition coefficient (Wildman–Crippen LogP) is 1.73. The first-order valence-corrected chi connectivity index (χ1v) is 13.3. The number of thioether (sulfide) groups is 1. The number of carbonyl (C=O) groups is 2. The van der Waals surface area contributed by atoms with Gasteiger partial charge in [-0.3, -0.25) is 4.79 Å². The lowest BCUT2D eigenvalue weighted by Gasteiger charge is -2.46. The number of aliphatic hydroxyl groups excluding tert-OH is 1. The van der Waals surface area contributed by atoms with Gasteiger partial charge < -0.3 is 15.1 Å². The molecular formula is C24H28N4O4S2+2. The summed E-state index contributed by atoms with van der Waals surface area (Å²) in [5, 5.41) is 21.2. The Hall–Kier alpha value is -2.69. The minimum Gasteiger partial charge on any atom is -0.477 e. The number of carboxylic acid groups (broad SMARTS) is 1. The van der Waals surface area contributed by atoms with Crippen LogP contribution in [-0.4, -0.2) is 49.8 Å². The number of pyridine rings is 1. The summed E-state index contributed by atoms with van der Waals surface area (Å²) in [4.78, 5) is 28.1. The average Bonchev–Trinajstić information content (AvgIpc) is 3.40. The van der Waals surface area contributed by atoms with Gasteiger partial charge >= 0.3 is 5.97 Å². The lowest BCUT2D eigenvalue weighted by Crippen LogP contribution is -2.63. The van der Waals surface area contributed by atoms with Crippen LogP contribution in [-0.2, 0) is 29.6 Å². The fourth-order valence-electron chi connectivity index (χ4n) is 5.37. The minimum atomic E-state index is -1.10. The van der Waals surface area contributed by atoms with Crippen molar-refractivity contribution in [2.75, 3.05) is 6.26 Å². The Morgan fingerprint density at radius 1 is 1.35 bits per heavy atom. The molecule has 0 unspecified atom stereocenters. The summed E-state index contributed by atoms with van der Waals surface area (Å²) in [6, 6.07) is 5.88. The van der Waals surface area contributed by atoms with Crippen molar-refractivity contribution in [3.8, 4) is 0 Å². The highest BCUT2D eigenvalue weighted by Gasteiger charge is 2.60. The molecule has 0 aliphatic carbocycles. The normalized spacial score (nSPS) is 22.9. The highest BCUT2D eigenvalue weighted by molar-refractivity contribution is 7.98. The van der Waals surface area contributed by atoms with Gasteiger partial charge in [-0.15, -0.1) is 0 Å². The van der Waals surface area contributed by atoms with E-state index in [9.17, 15) is 19.8 Å². The zero-order chi connectivity index (χ0) is 24.3. The summed E-state index contributed by atoms with van der Waals surface area (Å²) in [5.41, 5.74) is 1.98. The van der Waals surface area contributed by atoms with Gasteiger partial charge in [0.2, 0.25) is 15.8 Å². The van der Waals surface area contributed by atoms with Crippen molar-refractivity contribution in [3.05, 3.63) is 53.2 Å². The van der Waals surface area contributed by atoms with Crippen LogP contribution < -0.4 is 9.13 Å². The molecule has 2 N–H and O–H groups in total. The Kier molecular flexibility index (Phi) is 5.78. The van der Waals surface area contributed by atoms with Crippen molar-refractivity contribution >= 4 is 45.4 Å². The Morgan fingerprint density at radius 3 is 2.76 bits per heavy atom. The molecule has 0 spiro atoms. The second kappa shape index (κ2) is 8.51. The van der Waals surface area contributed by atoms with Crippen LogP contribution in [0.3, 0.4) is 0 Å². The largest absolute Gasteiger partial charge is 0.477 e. The Morgan fingerprint density at radius 2 is 2.12 bits per heavy atom. The van der Waals surface area contributed by atoms with Crippen LogP contribution in [0.25, 0.3) is 10.4 Å². The molecule has 3 aromatic rings. The van der Waals surface area contributed by atoms with E-state index >= 15 is 0 Å². The molecule has 34 heavy (non-hydrogen) atoms. The van der Waals surface area contributed by atoms with Gasteiger partial charge in [0, 0.05) is 23.6 Å². The summed E-state index contributed by atoms with van der Waals surface area (Å²) in [6.45, 7) is 4.38. The summed E-state index contributed by atoms with van der Waals surface area (Å²) in [7, 11) is 2.05. The number of imidazole rings is 1. The van der Waals surface area contributed by atoms with Crippen molar-refractivity contribution in [2.45, 2.75) is 44.0 Å². The standard InChI is InChI=1S/C24H27N4O4S2/c1-13-17(20(24(31)32)28-19(13)18(14(2)29)21(28)30)16-11-27-12-26(22(33-4)23(27)34-16)10-8-15-7-5-6-9-25(15)3/h5-7,9,11-14,18-19,29H,8,10H2,1-4H3/q+1/p+1/t13-,14+,18+,19+/m0/s1. The number of aliphatic hydroxyl groups is 1. The number of fused-ring (bicyclic) bond motifs is 2. The highest BCUT2D eigenvalue weighted by Crippen LogP contribution is 2.51. The fraction of sp³-hybridized carbons (Fsp3) is 0.417. The van der Waals surface area contributed by atoms with Crippen molar-refractivity contribution in [3.63, 3.8) is 0 Å². The molecule has 1 amide bonds. The number of aromatic nitrogens is 3. The third kappa shape index (κ3) is 3.38. The monoisotopic (exact) mass is 500 g/mol. The van der Waals surface area contributed by atoms with Gasteiger partial charge in [-0.05, 0) is 13.2 Å². The van der Waals surface area contributed by atoms with Crippen molar-refractivity contribution in [1.82, 2.24) is 9.30 Å². The molecule has 5 heterocycles. The minimum absolute atomic E-state index is 0.0547. The molecule has 0 saturated carbocycles. The first kappa shape index (κ1) is 23.1. The SMILES string of the molecule is CSc1c2sc(C3=C(C(=O)O)N4C(=O)[C@H]([C@@H](C)O)[C@H]4[C@H]3C)cn2c[n+]1CCc1cccc[n+]1C. The molecule has 3 aromatic heterocycles. The van der Waals surface area contributed by atoms with Crippen LogP contribution in [0.2, 0.25) is 0 Å². The lowest BCUT2D eigenvalue weighted by atomic mass is 9.77. The van der Waals surface area contributed by atoms with Crippen LogP contribution >= 0.6 is 23.1 Å². The number of carbonyl (C=O) groups excluding carboxylic acids is 1. The number of aliphatic carboxylic acids is 1. The number of amides is 1. The van der Waals surface area contributed by atoms with E-state index in [1.54, 1.807) is 30.0 Å². The van der Waals surface area contributed by atoms with Crippen LogP contribution in [0.4, 0.5) is 0 Å². The third-order valence-electron chi connectivity index (χ3n) is 7.01. The van der Waals surface area contributed by atoms with Gasteiger partial charge in [0.25, 0.3) is 6.33 Å². The van der Waals surface area contributed by atoms with Gasteiger partial charge in [0.05, 0.1) is 29.4 Å². The summed E-state index contributed by atoms with van der Waals surface area (Å²) >= 11 is 3.22. The molecule has 8 nitrogen and oxygen atoms in total. The van der Waals surface area contributed by atoms with E-state index in [1.165, 1.54) is 10.6 Å². The molecule has 0 radical (unpaired) electrons. The molecular weight excluding hydrogens is 472 g/mol. The predicted molar refractivity (Wildman–Crippen MR) is 128 cm³/mol. The van der Waals surface area contributed by atoms with Gasteiger partial charge in [0.1, 0.15) is 25.5 Å². The first-order valence-electron chi connectivity index (χ1n) is 11.2. The number of hydrogen-bond donors (Lipinski definition) is 2. The van der Waals surface area contributed by atoms with E-state index in [4.69, 9.17) is 0 Å². The van der Waals surface area contributed by atoms with Crippen molar-refractivity contribution in [2.24, 2.45) is 18.9 Å². The second-order valence-electron chi connectivity index (χ2n) is 9.00. The zero-order valence-electron chi connectivity index (χ0n) is 19.5. The molecule has 178 valence electrons. The fourth-order valence-corrected chi connectivity index (χ4v) is 7.57. The molecule has 1 fully saturated rings. The average molecular weight is 501 g/mol. The van der Waals surface area contributed by atoms with Crippen LogP contribution in [0, 0.1) is 11.8 Å². The molecule has 2 aliphatic rings. The number of aryl methyl sites for hydroxylation is 3. The smallest absolute Gasteiger partial charge is 0.352 e. The Labute approximate surface area is 205 Å². The van der Waals surface area contributed by atoms with E-state index in [0.717, 1.165) is 27.7 Å². The number of hydrogen-bond acceptors (Lipinski definition) is 5. The molecule has 4 atom stereocenters. The second-order valence-corrected chi connectivity index (χ2v) is 10.8. The van der Waals surface area contributed by atoms with E-state index in [2.05, 4.69) is 25.9 Å². The van der Waals surface area contributed by atoms with Crippen LogP contribution in [0.1, 0.15) is 24.4 Å². The maximum absolute atomic E-state index is 12.7. The molecule has 1 saturated heterocycles. The summed E-state index contributed by atoms with van der Waals surface area (Å²) in [5.74, 6) is -2.14. The number of carboxylic acids is 1. The highest BCUT2D eigenvalue weighted by atomic mass is 32.2. The van der Waals surface area contributed by atoms with Gasteiger partial charge in [-0.25, -0.2) is 13.9 Å². The molecule has 10 heteroatoms. The van der Waals surface area contributed by atoms with Crippen molar-refractivity contribution < 1.29 is 28.9 Å². The third-order valence-corrected chi connectivity index (χ3v) is 9.10. The molecule has 0 bridgehead atoms. The topological polar surface area (TPSA) is 90.0 Å². The summed E-state index contributed by atoms with van der Waals surface area (Å²) in [6.07, 6.45) is 8.21. The Balaban J connectivity index is 1.50. The lowest BCUT2D eigenvalue weighted by molar-refractivity contribution is -0.735.